The third-order valence-electron chi connectivity index (χ3n) is 2.41. The molecular formula is C13H15FO3. The summed E-state index contributed by atoms with van der Waals surface area (Å²) in [6, 6.07) is 4.11. The second-order valence-corrected chi connectivity index (χ2v) is 3.83. The van der Waals surface area contributed by atoms with Crippen molar-refractivity contribution in [2.75, 3.05) is 7.11 Å². The first-order valence-electron chi connectivity index (χ1n) is 5.40. The van der Waals surface area contributed by atoms with Gasteiger partial charge in [0.05, 0.1) is 7.11 Å². The van der Waals surface area contributed by atoms with E-state index < -0.39 is 5.82 Å². The Hall–Kier alpha value is -1.71. The standard InChI is InChI=1S/C13H15FO3/c1-9(15)4-3-5-12(16)10-6-7-13(17-2)11(14)8-10/h6-8H,3-5H2,1-2H3. The number of carbonyl (C=O) groups is 2. The maximum Gasteiger partial charge on any atom is 0.165 e. The molecule has 0 saturated heterocycles. The van der Waals surface area contributed by atoms with Crippen LogP contribution in [0.15, 0.2) is 18.2 Å². The number of carbonyl (C=O) groups excluding carboxylic acids is 2. The summed E-state index contributed by atoms with van der Waals surface area (Å²) in [4.78, 5) is 22.4. The largest absolute Gasteiger partial charge is 0.494 e. The predicted molar refractivity (Wildman–Crippen MR) is 61.8 cm³/mol. The van der Waals surface area contributed by atoms with Gasteiger partial charge in [-0.25, -0.2) is 4.39 Å². The Morgan fingerprint density at radius 3 is 2.53 bits per heavy atom. The Morgan fingerprint density at radius 2 is 2.00 bits per heavy atom. The van der Waals surface area contributed by atoms with Gasteiger partial charge in [0, 0.05) is 18.4 Å². The normalized spacial score (nSPS) is 10.1. The molecule has 0 unspecified atom stereocenters. The van der Waals surface area contributed by atoms with Crippen molar-refractivity contribution in [1.29, 1.82) is 0 Å². The van der Waals surface area contributed by atoms with Crippen molar-refractivity contribution in [2.45, 2.75) is 26.2 Å². The molecular weight excluding hydrogens is 223 g/mol. The molecule has 0 amide bonds. The van der Waals surface area contributed by atoms with Gasteiger partial charge in [-0.05, 0) is 31.5 Å². The Labute approximate surface area is 99.6 Å². The predicted octanol–water partition coefficient (Wildman–Crippen LogP) is 2.78. The van der Waals surface area contributed by atoms with E-state index in [0.29, 0.717) is 18.4 Å². The average molecular weight is 238 g/mol. The SMILES string of the molecule is COc1ccc(C(=O)CCCC(C)=O)cc1F. The molecule has 0 aromatic heterocycles. The lowest BCUT2D eigenvalue weighted by Crippen LogP contribution is -2.02. The van der Waals surface area contributed by atoms with Crippen LogP contribution in [-0.2, 0) is 4.79 Å². The minimum Gasteiger partial charge on any atom is -0.494 e. The fourth-order valence-corrected chi connectivity index (χ4v) is 1.48. The summed E-state index contributed by atoms with van der Waals surface area (Å²) in [7, 11) is 1.37. The van der Waals surface area contributed by atoms with Crippen molar-refractivity contribution in [3.05, 3.63) is 29.6 Å². The topological polar surface area (TPSA) is 43.4 Å². The minimum atomic E-state index is -0.551. The van der Waals surface area contributed by atoms with Crippen LogP contribution in [0, 0.1) is 5.82 Å². The third kappa shape index (κ3) is 3.98. The van der Waals surface area contributed by atoms with Crippen molar-refractivity contribution in [2.24, 2.45) is 0 Å². The number of halogens is 1. The molecule has 0 atom stereocenters. The number of hydrogen-bond acceptors (Lipinski definition) is 3. The first-order valence-corrected chi connectivity index (χ1v) is 5.40. The Morgan fingerprint density at radius 1 is 1.29 bits per heavy atom. The summed E-state index contributed by atoms with van der Waals surface area (Å²) in [5, 5.41) is 0. The van der Waals surface area contributed by atoms with Crippen LogP contribution >= 0.6 is 0 Å². The molecule has 0 aliphatic carbocycles. The monoisotopic (exact) mass is 238 g/mol. The van der Waals surface area contributed by atoms with Crippen LogP contribution in [0.2, 0.25) is 0 Å². The van der Waals surface area contributed by atoms with Gasteiger partial charge in [-0.1, -0.05) is 0 Å². The van der Waals surface area contributed by atoms with Gasteiger partial charge in [0.25, 0.3) is 0 Å². The molecule has 0 heterocycles. The first-order chi connectivity index (χ1) is 8.04. The molecule has 92 valence electrons. The maximum absolute atomic E-state index is 13.3. The van der Waals surface area contributed by atoms with Crippen LogP contribution in [0.5, 0.6) is 5.75 Å². The van der Waals surface area contributed by atoms with E-state index in [1.807, 2.05) is 0 Å². The van der Waals surface area contributed by atoms with Crippen molar-refractivity contribution in [3.8, 4) is 5.75 Å². The third-order valence-corrected chi connectivity index (χ3v) is 2.41. The van der Waals surface area contributed by atoms with Crippen LogP contribution in [0.1, 0.15) is 36.5 Å². The smallest absolute Gasteiger partial charge is 0.165 e. The van der Waals surface area contributed by atoms with Gasteiger partial charge in [0.1, 0.15) is 5.78 Å². The van der Waals surface area contributed by atoms with Crippen LogP contribution in [0.3, 0.4) is 0 Å². The molecule has 0 aliphatic rings. The molecule has 4 heteroatoms. The zero-order chi connectivity index (χ0) is 12.8. The second-order valence-electron chi connectivity index (χ2n) is 3.83. The van der Waals surface area contributed by atoms with Crippen molar-refractivity contribution < 1.29 is 18.7 Å². The van der Waals surface area contributed by atoms with Crippen LogP contribution in [-0.4, -0.2) is 18.7 Å². The van der Waals surface area contributed by atoms with Crippen LogP contribution in [0.25, 0.3) is 0 Å². The van der Waals surface area contributed by atoms with E-state index in [1.165, 1.54) is 26.2 Å². The summed E-state index contributed by atoms with van der Waals surface area (Å²) in [6.07, 6.45) is 1.14. The lowest BCUT2D eigenvalue weighted by atomic mass is 10.0. The van der Waals surface area contributed by atoms with Crippen LogP contribution in [0.4, 0.5) is 4.39 Å². The van der Waals surface area contributed by atoms with Gasteiger partial charge in [0.15, 0.2) is 17.3 Å². The summed E-state index contributed by atoms with van der Waals surface area (Å²) < 4.78 is 18.1. The average Bonchev–Trinajstić information content (AvgIpc) is 2.28. The van der Waals surface area contributed by atoms with Gasteiger partial charge in [-0.15, -0.1) is 0 Å². The molecule has 17 heavy (non-hydrogen) atoms. The molecule has 0 N–H and O–H groups in total. The van der Waals surface area contributed by atoms with E-state index in [0.717, 1.165) is 6.07 Å². The zero-order valence-electron chi connectivity index (χ0n) is 9.96. The summed E-state index contributed by atoms with van der Waals surface area (Å²) in [6.45, 7) is 1.48. The second kappa shape index (κ2) is 6.13. The Kier molecular flexibility index (Phi) is 4.82. The zero-order valence-corrected chi connectivity index (χ0v) is 9.96. The van der Waals surface area contributed by atoms with Gasteiger partial charge >= 0.3 is 0 Å². The summed E-state index contributed by atoms with van der Waals surface area (Å²) in [5.74, 6) is -0.540. The highest BCUT2D eigenvalue weighted by molar-refractivity contribution is 5.96. The molecule has 3 nitrogen and oxygen atoms in total. The summed E-state index contributed by atoms with van der Waals surface area (Å²) in [5.41, 5.74) is 0.312. The van der Waals surface area contributed by atoms with Crippen molar-refractivity contribution in [1.82, 2.24) is 0 Å². The van der Waals surface area contributed by atoms with Crippen molar-refractivity contribution >= 4 is 11.6 Å². The van der Waals surface area contributed by atoms with Gasteiger partial charge < -0.3 is 9.53 Å². The lowest BCUT2D eigenvalue weighted by molar-refractivity contribution is -0.117. The molecule has 0 fully saturated rings. The van der Waals surface area contributed by atoms with E-state index in [9.17, 15) is 14.0 Å². The number of Topliss-reactive ketones (excluding diaryl/α,β-unsaturated/α-hetero) is 2. The lowest BCUT2D eigenvalue weighted by Gasteiger charge is -2.04. The molecule has 0 radical (unpaired) electrons. The van der Waals surface area contributed by atoms with Crippen molar-refractivity contribution in [3.63, 3.8) is 0 Å². The van der Waals surface area contributed by atoms with Crippen LogP contribution < -0.4 is 4.74 Å². The molecule has 0 bridgehead atoms. The molecule has 0 saturated carbocycles. The number of ketones is 2. The number of hydrogen-bond donors (Lipinski definition) is 0. The fraction of sp³-hybridized carbons (Fsp3) is 0.385. The molecule has 1 rings (SSSR count). The van der Waals surface area contributed by atoms with E-state index in [1.54, 1.807) is 0 Å². The molecule has 1 aromatic carbocycles. The number of methoxy groups -OCH3 is 1. The summed E-state index contributed by atoms with van der Waals surface area (Å²) >= 11 is 0. The fourth-order valence-electron chi connectivity index (χ4n) is 1.48. The van der Waals surface area contributed by atoms with Gasteiger partial charge in [-0.3, -0.25) is 4.79 Å². The first kappa shape index (κ1) is 13.4. The highest BCUT2D eigenvalue weighted by Gasteiger charge is 2.10. The van der Waals surface area contributed by atoms with E-state index in [2.05, 4.69) is 0 Å². The molecule has 0 aliphatic heterocycles. The minimum absolute atomic E-state index is 0.0544. The number of benzene rings is 1. The van der Waals surface area contributed by atoms with E-state index >= 15 is 0 Å². The van der Waals surface area contributed by atoms with E-state index in [-0.39, 0.29) is 23.7 Å². The highest BCUT2D eigenvalue weighted by Crippen LogP contribution is 2.19. The highest BCUT2D eigenvalue weighted by atomic mass is 19.1. The Bertz CT molecular complexity index is 427. The van der Waals surface area contributed by atoms with E-state index in [4.69, 9.17) is 4.74 Å². The molecule has 0 spiro atoms. The maximum atomic E-state index is 13.3. The quantitative estimate of drug-likeness (QED) is 0.716. The number of ether oxygens (including phenoxy) is 1. The number of rotatable bonds is 6. The molecule has 1 aromatic rings. The van der Waals surface area contributed by atoms with Gasteiger partial charge in [0.2, 0.25) is 0 Å². The Balaban J connectivity index is 2.63. The van der Waals surface area contributed by atoms with Gasteiger partial charge in [-0.2, -0.15) is 0 Å².